The minimum Gasteiger partial charge on any atom is -0.473 e. The summed E-state index contributed by atoms with van der Waals surface area (Å²) >= 11 is 6.20. The van der Waals surface area contributed by atoms with E-state index in [9.17, 15) is 4.79 Å². The summed E-state index contributed by atoms with van der Waals surface area (Å²) in [4.78, 5) is 12.5. The van der Waals surface area contributed by atoms with E-state index >= 15 is 0 Å². The predicted molar refractivity (Wildman–Crippen MR) is 70.2 cm³/mol. The zero-order valence-corrected chi connectivity index (χ0v) is 10.3. The first-order valence-electron chi connectivity index (χ1n) is 5.76. The molecule has 0 radical (unpaired) electrons. The maximum absolute atomic E-state index is 12.5. The second kappa shape index (κ2) is 4.46. The lowest BCUT2D eigenvalue weighted by molar-refractivity contribution is 0.0869. The average molecular weight is 259 g/mol. The number of carbonyl (C=O) groups is 1. The van der Waals surface area contributed by atoms with Gasteiger partial charge in [0, 0.05) is 0 Å². The van der Waals surface area contributed by atoms with Crippen LogP contribution in [0, 0.1) is 0 Å². The molecule has 18 heavy (non-hydrogen) atoms. The van der Waals surface area contributed by atoms with Crippen LogP contribution in [0.4, 0.5) is 0 Å². The van der Waals surface area contributed by atoms with Crippen molar-refractivity contribution in [2.45, 2.75) is 11.5 Å². The van der Waals surface area contributed by atoms with Crippen LogP contribution < -0.4 is 4.74 Å². The van der Waals surface area contributed by atoms with Crippen molar-refractivity contribution in [2.24, 2.45) is 0 Å². The molecule has 0 saturated heterocycles. The van der Waals surface area contributed by atoms with Gasteiger partial charge >= 0.3 is 0 Å². The molecular formula is C15H11ClO2. The van der Waals surface area contributed by atoms with E-state index in [1.54, 1.807) is 12.1 Å². The van der Waals surface area contributed by atoms with Crippen LogP contribution in [0.25, 0.3) is 0 Å². The minimum absolute atomic E-state index is 0.0167. The van der Waals surface area contributed by atoms with E-state index in [1.807, 2.05) is 42.5 Å². The number of fused-ring (bicyclic) bond motifs is 1. The van der Waals surface area contributed by atoms with Crippen molar-refractivity contribution in [3.8, 4) is 5.75 Å². The zero-order valence-electron chi connectivity index (χ0n) is 9.55. The fourth-order valence-corrected chi connectivity index (χ4v) is 2.57. The Morgan fingerprint density at radius 1 is 0.944 bits per heavy atom. The van der Waals surface area contributed by atoms with Crippen LogP contribution >= 0.6 is 11.6 Å². The molecule has 3 heteroatoms. The number of rotatable bonds is 1. The molecule has 90 valence electrons. The molecule has 0 spiro atoms. The van der Waals surface area contributed by atoms with Crippen molar-refractivity contribution in [3.05, 3.63) is 65.7 Å². The molecule has 0 fully saturated rings. The number of hydrogen-bond acceptors (Lipinski definition) is 2. The van der Waals surface area contributed by atoms with Crippen molar-refractivity contribution in [2.75, 3.05) is 0 Å². The van der Waals surface area contributed by atoms with E-state index in [0.29, 0.717) is 11.3 Å². The molecule has 0 aromatic heterocycles. The van der Waals surface area contributed by atoms with Crippen molar-refractivity contribution in [1.29, 1.82) is 0 Å². The zero-order chi connectivity index (χ0) is 12.5. The van der Waals surface area contributed by atoms with Crippen LogP contribution in [0.2, 0.25) is 0 Å². The van der Waals surface area contributed by atoms with E-state index in [-0.39, 0.29) is 5.78 Å². The highest BCUT2D eigenvalue weighted by molar-refractivity contribution is 6.24. The van der Waals surface area contributed by atoms with Gasteiger partial charge in [0.05, 0.1) is 11.5 Å². The number of halogens is 1. The Balaban J connectivity index is 2.06. The highest BCUT2D eigenvalue weighted by Gasteiger charge is 2.36. The average Bonchev–Trinajstić information content (AvgIpc) is 2.40. The monoisotopic (exact) mass is 258 g/mol. The van der Waals surface area contributed by atoms with Crippen LogP contribution in [0.3, 0.4) is 0 Å². The van der Waals surface area contributed by atoms with E-state index in [0.717, 1.165) is 5.56 Å². The predicted octanol–water partition coefficient (Wildman–Crippen LogP) is 3.61. The normalized spacial score (nSPS) is 22.2. The van der Waals surface area contributed by atoms with E-state index < -0.39 is 11.5 Å². The minimum atomic E-state index is -0.658. The van der Waals surface area contributed by atoms with Gasteiger partial charge in [-0.1, -0.05) is 54.1 Å². The van der Waals surface area contributed by atoms with Gasteiger partial charge in [-0.25, -0.2) is 0 Å². The van der Waals surface area contributed by atoms with Crippen LogP contribution in [-0.4, -0.2) is 11.3 Å². The Morgan fingerprint density at radius 2 is 1.61 bits per heavy atom. The summed E-state index contributed by atoms with van der Waals surface area (Å²) in [7, 11) is 0. The lowest BCUT2D eigenvalue weighted by atomic mass is 9.89. The number of alkyl halides is 1. The number of benzene rings is 2. The molecule has 1 heterocycles. The van der Waals surface area contributed by atoms with Crippen molar-refractivity contribution >= 4 is 17.4 Å². The van der Waals surface area contributed by atoms with Gasteiger partial charge in [-0.05, 0) is 17.7 Å². The third kappa shape index (κ3) is 1.79. The van der Waals surface area contributed by atoms with Gasteiger partial charge in [0.15, 0.2) is 11.3 Å². The summed E-state index contributed by atoms with van der Waals surface area (Å²) < 4.78 is 5.61. The van der Waals surface area contributed by atoms with Crippen molar-refractivity contribution < 1.29 is 9.53 Å². The van der Waals surface area contributed by atoms with Crippen LogP contribution in [0.15, 0.2) is 54.6 Å². The summed E-state index contributed by atoms with van der Waals surface area (Å²) in [5.41, 5.74) is 0.829. The largest absolute Gasteiger partial charge is 0.473 e. The summed E-state index contributed by atoms with van der Waals surface area (Å²) in [6.45, 7) is 0. The highest BCUT2D eigenvalue weighted by Crippen LogP contribution is 2.37. The summed E-state index contributed by atoms with van der Waals surface area (Å²) in [5, 5.41) is 0. The van der Waals surface area contributed by atoms with Crippen molar-refractivity contribution in [3.63, 3.8) is 0 Å². The lowest BCUT2D eigenvalue weighted by Crippen LogP contribution is -2.32. The third-order valence-electron chi connectivity index (χ3n) is 3.10. The number of para-hydroxylation sites is 1. The third-order valence-corrected chi connectivity index (χ3v) is 3.44. The summed E-state index contributed by atoms with van der Waals surface area (Å²) in [5.74, 6) is 0.139. The number of ketones is 1. The molecule has 0 bridgehead atoms. The SMILES string of the molecule is O=C1c2ccccc2OC(Cl)C1c1ccccc1. The second-order valence-corrected chi connectivity index (χ2v) is 4.65. The van der Waals surface area contributed by atoms with Gasteiger partial charge in [0.1, 0.15) is 5.75 Å². The molecule has 2 aromatic rings. The fraction of sp³-hybridized carbons (Fsp3) is 0.133. The molecule has 1 aliphatic heterocycles. The van der Waals surface area contributed by atoms with Crippen LogP contribution in [0.5, 0.6) is 5.75 Å². The first-order valence-corrected chi connectivity index (χ1v) is 6.20. The molecule has 0 N–H and O–H groups in total. The Hall–Kier alpha value is -1.80. The highest BCUT2D eigenvalue weighted by atomic mass is 35.5. The molecule has 0 aliphatic carbocycles. The van der Waals surface area contributed by atoms with Gasteiger partial charge < -0.3 is 4.74 Å². The van der Waals surface area contributed by atoms with Gasteiger partial charge in [-0.15, -0.1) is 0 Å². The van der Waals surface area contributed by atoms with E-state index in [4.69, 9.17) is 16.3 Å². The number of ether oxygens (including phenoxy) is 1. The smallest absolute Gasteiger partial charge is 0.186 e. The molecule has 2 nitrogen and oxygen atoms in total. The van der Waals surface area contributed by atoms with E-state index in [1.165, 1.54) is 0 Å². The van der Waals surface area contributed by atoms with Crippen LogP contribution in [-0.2, 0) is 0 Å². The molecule has 2 unspecified atom stereocenters. The first kappa shape index (κ1) is 11.3. The standard InChI is InChI=1S/C15H11ClO2/c16-15-13(10-6-2-1-3-7-10)14(17)11-8-4-5-9-12(11)18-15/h1-9,13,15H. The molecule has 3 rings (SSSR count). The van der Waals surface area contributed by atoms with Gasteiger partial charge in [0.25, 0.3) is 0 Å². The molecule has 1 aliphatic rings. The fourth-order valence-electron chi connectivity index (χ4n) is 2.21. The molecule has 2 atom stereocenters. The maximum Gasteiger partial charge on any atom is 0.186 e. The quantitative estimate of drug-likeness (QED) is 0.731. The Bertz CT molecular complexity index is 580. The first-order chi connectivity index (χ1) is 8.77. The Kier molecular flexibility index (Phi) is 2.80. The Morgan fingerprint density at radius 3 is 2.39 bits per heavy atom. The molecule has 0 amide bonds. The topological polar surface area (TPSA) is 26.3 Å². The summed E-state index contributed by atoms with van der Waals surface area (Å²) in [6.07, 6.45) is 0. The van der Waals surface area contributed by atoms with E-state index in [2.05, 4.69) is 0 Å². The van der Waals surface area contributed by atoms with Crippen molar-refractivity contribution in [1.82, 2.24) is 0 Å². The Labute approximate surface area is 110 Å². The van der Waals surface area contributed by atoms with Crippen LogP contribution in [0.1, 0.15) is 21.8 Å². The molecule has 0 saturated carbocycles. The lowest BCUT2D eigenvalue weighted by Gasteiger charge is -2.28. The second-order valence-electron chi connectivity index (χ2n) is 4.22. The van der Waals surface area contributed by atoms with Gasteiger partial charge in [-0.3, -0.25) is 4.79 Å². The number of hydrogen-bond donors (Lipinski definition) is 0. The number of carbonyl (C=O) groups excluding carboxylic acids is 1. The summed E-state index contributed by atoms with van der Waals surface area (Å²) in [6, 6.07) is 16.7. The molecule has 2 aromatic carbocycles. The molecular weight excluding hydrogens is 248 g/mol. The number of Topliss-reactive ketones (excluding diaryl/α,β-unsaturated/α-hetero) is 1. The van der Waals surface area contributed by atoms with Gasteiger partial charge in [-0.2, -0.15) is 0 Å². The maximum atomic E-state index is 12.5. The van der Waals surface area contributed by atoms with Gasteiger partial charge in [0.2, 0.25) is 0 Å².